The summed E-state index contributed by atoms with van der Waals surface area (Å²) in [6, 6.07) is 5.79. The lowest BCUT2D eigenvalue weighted by molar-refractivity contribution is 0.327. The van der Waals surface area contributed by atoms with Crippen LogP contribution in [0.15, 0.2) is 22.7 Å². The molecule has 1 atom stereocenters. The van der Waals surface area contributed by atoms with Gasteiger partial charge in [0.25, 0.3) is 0 Å². The number of nitrogens with two attached hydrogens (primary N) is 1. The lowest BCUT2D eigenvalue weighted by Crippen LogP contribution is -2.26. The van der Waals surface area contributed by atoms with Gasteiger partial charge >= 0.3 is 0 Å². The van der Waals surface area contributed by atoms with Crippen LogP contribution < -0.4 is 5.73 Å². The van der Waals surface area contributed by atoms with Gasteiger partial charge in [-0.25, -0.2) is 0 Å². The highest BCUT2D eigenvalue weighted by Gasteiger charge is 2.22. The Kier molecular flexibility index (Phi) is 3.62. The fourth-order valence-corrected chi connectivity index (χ4v) is 2.14. The first-order chi connectivity index (χ1) is 6.30. The summed E-state index contributed by atoms with van der Waals surface area (Å²) in [6.07, 6.45) is 0. The van der Waals surface area contributed by atoms with Crippen LogP contribution in [0.5, 0.6) is 0 Å². The summed E-state index contributed by atoms with van der Waals surface area (Å²) in [5.41, 5.74) is 7.24. The Morgan fingerprint density at radius 1 is 1.29 bits per heavy atom. The summed E-state index contributed by atoms with van der Waals surface area (Å²) < 4.78 is 0.972. The fourth-order valence-electron chi connectivity index (χ4n) is 1.25. The summed E-state index contributed by atoms with van der Waals surface area (Å²) in [7, 11) is 0. The molecule has 0 heterocycles. The van der Waals surface area contributed by atoms with Gasteiger partial charge in [0.1, 0.15) is 0 Å². The van der Waals surface area contributed by atoms with Crippen molar-refractivity contribution in [3.8, 4) is 0 Å². The molecule has 0 aliphatic heterocycles. The van der Waals surface area contributed by atoms with E-state index in [-0.39, 0.29) is 11.5 Å². The minimum atomic E-state index is -0.00231. The molecule has 1 nitrogen and oxygen atoms in total. The zero-order chi connectivity index (χ0) is 10.9. The molecule has 0 amide bonds. The van der Waals surface area contributed by atoms with E-state index in [1.54, 1.807) is 0 Å². The zero-order valence-electron chi connectivity index (χ0n) is 8.64. The fraction of sp³-hybridized carbons (Fsp3) is 0.455. The molecule has 0 unspecified atom stereocenters. The molecule has 0 spiro atoms. The molecule has 0 saturated heterocycles. The lowest BCUT2D eigenvalue weighted by atomic mass is 9.83. The first-order valence-corrected chi connectivity index (χ1v) is 5.69. The van der Waals surface area contributed by atoms with Crippen molar-refractivity contribution in [2.45, 2.75) is 26.8 Å². The average Bonchev–Trinajstić information content (AvgIpc) is 1.99. The van der Waals surface area contributed by atoms with E-state index in [1.807, 2.05) is 18.2 Å². The van der Waals surface area contributed by atoms with Crippen LogP contribution in [-0.2, 0) is 0 Å². The zero-order valence-corrected chi connectivity index (χ0v) is 11.0. The lowest BCUT2D eigenvalue weighted by Gasteiger charge is -2.27. The van der Waals surface area contributed by atoms with Gasteiger partial charge in [-0.05, 0) is 29.2 Å². The molecule has 1 aromatic carbocycles. The molecule has 2 N–H and O–H groups in total. The number of hydrogen-bond acceptors (Lipinski definition) is 1. The Labute approximate surface area is 98.8 Å². The van der Waals surface area contributed by atoms with Gasteiger partial charge in [0.15, 0.2) is 0 Å². The van der Waals surface area contributed by atoms with Crippen molar-refractivity contribution >= 4 is 27.5 Å². The van der Waals surface area contributed by atoms with Crippen molar-refractivity contribution in [3.05, 3.63) is 33.3 Å². The molecule has 0 aliphatic carbocycles. The van der Waals surface area contributed by atoms with Gasteiger partial charge in [0, 0.05) is 15.5 Å². The monoisotopic (exact) mass is 275 g/mol. The molecule has 0 bridgehead atoms. The van der Waals surface area contributed by atoms with E-state index in [0.29, 0.717) is 5.02 Å². The van der Waals surface area contributed by atoms with Crippen LogP contribution in [0.4, 0.5) is 0 Å². The summed E-state index contributed by atoms with van der Waals surface area (Å²) in [6.45, 7) is 6.35. The molecule has 0 aromatic heterocycles. The third kappa shape index (κ3) is 2.97. The van der Waals surface area contributed by atoms with Crippen LogP contribution in [0.3, 0.4) is 0 Å². The third-order valence-electron chi connectivity index (χ3n) is 2.18. The van der Waals surface area contributed by atoms with Crippen molar-refractivity contribution in [2.75, 3.05) is 0 Å². The van der Waals surface area contributed by atoms with Gasteiger partial charge in [-0.15, -0.1) is 0 Å². The Hall–Kier alpha value is -0.0500. The second-order valence-electron chi connectivity index (χ2n) is 4.55. The van der Waals surface area contributed by atoms with E-state index in [2.05, 4.69) is 36.7 Å². The van der Waals surface area contributed by atoms with Gasteiger partial charge < -0.3 is 5.73 Å². The standard InChI is InChI=1S/C11H15BrClN/c1-11(2,3)10(14)7-4-8(12)6-9(13)5-7/h4-6,10H,14H2,1-3H3/t10-/m1/s1. The quantitative estimate of drug-likeness (QED) is 0.819. The number of benzene rings is 1. The summed E-state index contributed by atoms with van der Waals surface area (Å²) >= 11 is 9.37. The van der Waals surface area contributed by atoms with Crippen molar-refractivity contribution in [2.24, 2.45) is 11.1 Å². The van der Waals surface area contributed by atoms with Gasteiger partial charge in [-0.3, -0.25) is 0 Å². The first kappa shape index (κ1) is 12.0. The second-order valence-corrected chi connectivity index (χ2v) is 5.90. The molecule has 0 radical (unpaired) electrons. The largest absolute Gasteiger partial charge is 0.324 e. The maximum absolute atomic E-state index is 6.13. The molecular formula is C11H15BrClN. The third-order valence-corrected chi connectivity index (χ3v) is 2.85. The molecule has 0 fully saturated rings. The molecule has 3 heteroatoms. The highest BCUT2D eigenvalue weighted by molar-refractivity contribution is 9.10. The van der Waals surface area contributed by atoms with Crippen LogP contribution in [-0.4, -0.2) is 0 Å². The Balaban J connectivity index is 3.07. The minimum Gasteiger partial charge on any atom is -0.324 e. The van der Waals surface area contributed by atoms with E-state index < -0.39 is 0 Å². The van der Waals surface area contributed by atoms with E-state index in [0.717, 1.165) is 10.0 Å². The molecule has 1 rings (SSSR count). The van der Waals surface area contributed by atoms with Crippen molar-refractivity contribution in [1.29, 1.82) is 0 Å². The van der Waals surface area contributed by atoms with Crippen LogP contribution in [0, 0.1) is 5.41 Å². The second kappa shape index (κ2) is 4.21. The first-order valence-electron chi connectivity index (χ1n) is 4.52. The molecule has 0 saturated carbocycles. The van der Waals surface area contributed by atoms with Crippen molar-refractivity contribution in [3.63, 3.8) is 0 Å². The SMILES string of the molecule is CC(C)(C)[C@H](N)c1cc(Cl)cc(Br)c1. The van der Waals surface area contributed by atoms with Crippen molar-refractivity contribution in [1.82, 2.24) is 0 Å². The van der Waals surface area contributed by atoms with Crippen LogP contribution in [0.2, 0.25) is 5.02 Å². The maximum atomic E-state index is 6.13. The van der Waals surface area contributed by atoms with Gasteiger partial charge in [0.2, 0.25) is 0 Å². The Bertz CT molecular complexity index is 310. The van der Waals surface area contributed by atoms with Crippen LogP contribution in [0.1, 0.15) is 32.4 Å². The number of halogens is 2. The molecule has 1 aromatic rings. The topological polar surface area (TPSA) is 26.0 Å². The highest BCUT2D eigenvalue weighted by atomic mass is 79.9. The molecule has 0 aliphatic rings. The average molecular weight is 277 g/mol. The normalized spacial score (nSPS) is 14.1. The van der Waals surface area contributed by atoms with Crippen LogP contribution >= 0.6 is 27.5 Å². The molecule has 14 heavy (non-hydrogen) atoms. The molecular weight excluding hydrogens is 261 g/mol. The van der Waals surface area contributed by atoms with E-state index in [1.165, 1.54) is 0 Å². The maximum Gasteiger partial charge on any atom is 0.0420 e. The van der Waals surface area contributed by atoms with Gasteiger partial charge in [-0.1, -0.05) is 48.3 Å². The van der Waals surface area contributed by atoms with E-state index in [9.17, 15) is 0 Å². The number of hydrogen-bond donors (Lipinski definition) is 1. The van der Waals surface area contributed by atoms with Gasteiger partial charge in [0.05, 0.1) is 0 Å². The Morgan fingerprint density at radius 2 is 1.86 bits per heavy atom. The summed E-state index contributed by atoms with van der Waals surface area (Å²) in [5, 5.41) is 0.717. The highest BCUT2D eigenvalue weighted by Crippen LogP contribution is 2.33. The smallest absolute Gasteiger partial charge is 0.0420 e. The Morgan fingerprint density at radius 3 is 2.29 bits per heavy atom. The minimum absolute atomic E-state index is 0.00231. The van der Waals surface area contributed by atoms with Crippen molar-refractivity contribution < 1.29 is 0 Å². The van der Waals surface area contributed by atoms with E-state index in [4.69, 9.17) is 17.3 Å². The summed E-state index contributed by atoms with van der Waals surface area (Å²) in [4.78, 5) is 0. The predicted octanol–water partition coefficient (Wildman–Crippen LogP) is 4.15. The summed E-state index contributed by atoms with van der Waals surface area (Å²) in [5.74, 6) is 0. The van der Waals surface area contributed by atoms with Crippen LogP contribution in [0.25, 0.3) is 0 Å². The molecule has 78 valence electrons. The van der Waals surface area contributed by atoms with E-state index >= 15 is 0 Å². The predicted molar refractivity (Wildman–Crippen MR) is 65.5 cm³/mol. The number of rotatable bonds is 1. The van der Waals surface area contributed by atoms with Gasteiger partial charge in [-0.2, -0.15) is 0 Å².